The predicted octanol–water partition coefficient (Wildman–Crippen LogP) is 3.39. The molecule has 18 heavy (non-hydrogen) atoms. The fraction of sp³-hybridized carbons (Fsp3) is 0.0714. The maximum Gasteiger partial charge on any atom is 0.111 e. The number of anilines is 1. The second kappa shape index (κ2) is 4.35. The molecule has 90 valence electrons. The number of nitrogens with two attached hydrogens (primary N) is 1. The first kappa shape index (κ1) is 11.1. The monoisotopic (exact) mass is 257 g/mol. The number of aromatic nitrogens is 2. The molecule has 0 saturated heterocycles. The molecule has 0 radical (unpaired) electrons. The van der Waals surface area contributed by atoms with Crippen molar-refractivity contribution in [2.45, 2.75) is 6.42 Å². The molecule has 4 heteroatoms. The summed E-state index contributed by atoms with van der Waals surface area (Å²) in [5, 5.41) is 0.739. The maximum absolute atomic E-state index is 5.96. The lowest BCUT2D eigenvalue weighted by Crippen LogP contribution is -1.90. The van der Waals surface area contributed by atoms with Crippen LogP contribution in [0.3, 0.4) is 0 Å². The van der Waals surface area contributed by atoms with E-state index in [1.165, 1.54) is 0 Å². The van der Waals surface area contributed by atoms with Gasteiger partial charge in [-0.1, -0.05) is 29.8 Å². The highest BCUT2D eigenvalue weighted by Gasteiger charge is 2.06. The summed E-state index contributed by atoms with van der Waals surface area (Å²) in [5.41, 5.74) is 9.50. The average Bonchev–Trinajstić information content (AvgIpc) is 2.73. The molecule has 0 aliphatic carbocycles. The highest BCUT2D eigenvalue weighted by atomic mass is 35.5. The highest BCUT2D eigenvalue weighted by molar-refractivity contribution is 6.30. The molecule has 0 aliphatic heterocycles. The number of fused-ring (bicyclic) bond motifs is 1. The molecular weight excluding hydrogens is 246 g/mol. The van der Waals surface area contributed by atoms with Gasteiger partial charge in [-0.25, -0.2) is 4.98 Å². The van der Waals surface area contributed by atoms with E-state index >= 15 is 0 Å². The van der Waals surface area contributed by atoms with Gasteiger partial charge in [0.25, 0.3) is 0 Å². The number of hydrogen-bond acceptors (Lipinski definition) is 2. The first-order valence-electron chi connectivity index (χ1n) is 5.70. The summed E-state index contributed by atoms with van der Waals surface area (Å²) in [4.78, 5) is 7.78. The first-order chi connectivity index (χ1) is 8.72. The van der Waals surface area contributed by atoms with E-state index in [0.29, 0.717) is 12.1 Å². The minimum atomic E-state index is 0.695. The first-order valence-corrected chi connectivity index (χ1v) is 6.08. The van der Waals surface area contributed by atoms with Crippen molar-refractivity contribution in [2.75, 3.05) is 5.73 Å². The molecule has 3 rings (SSSR count). The smallest absolute Gasteiger partial charge is 0.111 e. The van der Waals surface area contributed by atoms with Crippen molar-refractivity contribution < 1.29 is 0 Å². The van der Waals surface area contributed by atoms with Crippen LogP contribution in [-0.4, -0.2) is 9.97 Å². The Hall–Kier alpha value is -2.00. The molecule has 0 atom stereocenters. The van der Waals surface area contributed by atoms with Gasteiger partial charge in [0.15, 0.2) is 0 Å². The quantitative estimate of drug-likeness (QED) is 0.692. The van der Waals surface area contributed by atoms with E-state index in [-0.39, 0.29) is 0 Å². The van der Waals surface area contributed by atoms with Crippen LogP contribution in [0.15, 0.2) is 42.5 Å². The van der Waals surface area contributed by atoms with Crippen LogP contribution in [0, 0.1) is 0 Å². The van der Waals surface area contributed by atoms with Crippen LogP contribution in [-0.2, 0) is 6.42 Å². The minimum absolute atomic E-state index is 0.695. The van der Waals surface area contributed by atoms with Crippen LogP contribution >= 0.6 is 11.6 Å². The summed E-state index contributed by atoms with van der Waals surface area (Å²) in [5.74, 6) is 0.894. The summed E-state index contributed by atoms with van der Waals surface area (Å²) in [6.45, 7) is 0. The zero-order chi connectivity index (χ0) is 12.5. The van der Waals surface area contributed by atoms with Crippen molar-refractivity contribution in [3.05, 3.63) is 58.9 Å². The Balaban J connectivity index is 1.98. The number of nitrogens with one attached hydrogen (secondary N) is 1. The van der Waals surface area contributed by atoms with Crippen molar-refractivity contribution in [1.82, 2.24) is 9.97 Å². The Morgan fingerprint density at radius 2 is 2.00 bits per heavy atom. The van der Waals surface area contributed by atoms with Crippen LogP contribution < -0.4 is 5.73 Å². The molecule has 0 bridgehead atoms. The third kappa shape index (κ3) is 2.05. The molecule has 3 nitrogen and oxygen atoms in total. The number of nitrogen functional groups attached to an aromatic ring is 1. The molecule has 0 saturated carbocycles. The van der Waals surface area contributed by atoms with Crippen molar-refractivity contribution in [1.29, 1.82) is 0 Å². The van der Waals surface area contributed by atoms with E-state index < -0.39 is 0 Å². The molecular formula is C14H12ClN3. The average molecular weight is 258 g/mol. The van der Waals surface area contributed by atoms with Crippen LogP contribution in [0.5, 0.6) is 0 Å². The molecule has 0 amide bonds. The highest BCUT2D eigenvalue weighted by Crippen LogP contribution is 2.20. The third-order valence-corrected chi connectivity index (χ3v) is 3.09. The number of nitrogens with zero attached hydrogens (tertiary/aromatic N) is 1. The molecule has 1 aromatic heterocycles. The van der Waals surface area contributed by atoms with E-state index in [9.17, 15) is 0 Å². The largest absolute Gasteiger partial charge is 0.397 e. The minimum Gasteiger partial charge on any atom is -0.397 e. The molecule has 0 unspecified atom stereocenters. The maximum atomic E-state index is 5.96. The van der Waals surface area contributed by atoms with Gasteiger partial charge in [0.05, 0.1) is 11.2 Å². The normalized spacial score (nSPS) is 10.9. The van der Waals surface area contributed by atoms with E-state index in [1.54, 1.807) is 0 Å². The molecule has 0 spiro atoms. The number of rotatable bonds is 2. The lowest BCUT2D eigenvalue weighted by molar-refractivity contribution is 1.04. The summed E-state index contributed by atoms with van der Waals surface area (Å²) in [6, 6.07) is 13.5. The van der Waals surface area contributed by atoms with Crippen molar-refractivity contribution in [2.24, 2.45) is 0 Å². The SMILES string of the molecule is Nc1cccc2[nH]c(Cc3cccc(Cl)c3)nc12. The molecule has 2 aromatic carbocycles. The van der Waals surface area contributed by atoms with Gasteiger partial charge in [0.2, 0.25) is 0 Å². The Labute approximate surface area is 110 Å². The van der Waals surface area contributed by atoms with Crippen LogP contribution in [0.2, 0.25) is 5.02 Å². The molecule has 1 heterocycles. The second-order valence-corrected chi connectivity index (χ2v) is 4.67. The Bertz CT molecular complexity index is 703. The van der Waals surface area contributed by atoms with Gasteiger partial charge in [-0.2, -0.15) is 0 Å². The Kier molecular flexibility index (Phi) is 2.68. The van der Waals surface area contributed by atoms with Gasteiger partial charge in [0, 0.05) is 11.4 Å². The molecule has 3 N–H and O–H groups in total. The number of para-hydroxylation sites is 1. The standard InChI is InChI=1S/C14H12ClN3/c15-10-4-1-3-9(7-10)8-13-17-12-6-2-5-11(16)14(12)18-13/h1-7H,8,16H2,(H,17,18). The Morgan fingerprint density at radius 1 is 1.17 bits per heavy atom. The number of halogens is 1. The topological polar surface area (TPSA) is 54.7 Å². The zero-order valence-electron chi connectivity index (χ0n) is 9.65. The van der Waals surface area contributed by atoms with Gasteiger partial charge >= 0.3 is 0 Å². The van der Waals surface area contributed by atoms with E-state index in [2.05, 4.69) is 9.97 Å². The van der Waals surface area contributed by atoms with Gasteiger partial charge in [-0.15, -0.1) is 0 Å². The summed E-state index contributed by atoms with van der Waals surface area (Å²) >= 11 is 5.96. The lowest BCUT2D eigenvalue weighted by Gasteiger charge is -1.98. The number of hydrogen-bond donors (Lipinski definition) is 2. The molecule has 0 fully saturated rings. The summed E-state index contributed by atoms with van der Waals surface area (Å²) < 4.78 is 0. The van der Waals surface area contributed by atoms with Gasteiger partial charge < -0.3 is 10.7 Å². The van der Waals surface area contributed by atoms with E-state index in [0.717, 1.165) is 27.4 Å². The number of aromatic amines is 1. The predicted molar refractivity (Wildman–Crippen MR) is 74.8 cm³/mol. The van der Waals surface area contributed by atoms with E-state index in [4.69, 9.17) is 17.3 Å². The molecule has 3 aromatic rings. The fourth-order valence-corrected chi connectivity index (χ4v) is 2.24. The fourth-order valence-electron chi connectivity index (χ4n) is 2.03. The van der Waals surface area contributed by atoms with Crippen LogP contribution in [0.4, 0.5) is 5.69 Å². The van der Waals surface area contributed by atoms with Crippen molar-refractivity contribution >= 4 is 28.3 Å². The van der Waals surface area contributed by atoms with Gasteiger partial charge in [0.1, 0.15) is 11.3 Å². The summed E-state index contributed by atoms with van der Waals surface area (Å²) in [7, 11) is 0. The zero-order valence-corrected chi connectivity index (χ0v) is 10.4. The van der Waals surface area contributed by atoms with Crippen molar-refractivity contribution in [3.8, 4) is 0 Å². The Morgan fingerprint density at radius 3 is 2.78 bits per heavy atom. The third-order valence-electron chi connectivity index (χ3n) is 2.85. The number of benzene rings is 2. The van der Waals surface area contributed by atoms with Gasteiger partial charge in [-0.3, -0.25) is 0 Å². The van der Waals surface area contributed by atoms with Crippen molar-refractivity contribution in [3.63, 3.8) is 0 Å². The van der Waals surface area contributed by atoms with Crippen LogP contribution in [0.1, 0.15) is 11.4 Å². The second-order valence-electron chi connectivity index (χ2n) is 4.23. The van der Waals surface area contributed by atoms with E-state index in [1.807, 2.05) is 42.5 Å². The summed E-state index contributed by atoms with van der Waals surface area (Å²) in [6.07, 6.45) is 0.717. The van der Waals surface area contributed by atoms with Crippen LogP contribution in [0.25, 0.3) is 11.0 Å². The molecule has 0 aliphatic rings. The number of imidazole rings is 1. The number of H-pyrrole nitrogens is 1. The van der Waals surface area contributed by atoms with Gasteiger partial charge in [-0.05, 0) is 29.8 Å². The lowest BCUT2D eigenvalue weighted by atomic mass is 10.1.